The first-order chi connectivity index (χ1) is 7.95. The van der Waals surface area contributed by atoms with Gasteiger partial charge in [0.1, 0.15) is 0 Å². The molecule has 0 aliphatic rings. The lowest BCUT2D eigenvalue weighted by molar-refractivity contribution is -0.384. The molecule has 0 saturated heterocycles. The number of carbonyl (C=O) groups is 1. The average Bonchev–Trinajstić information content (AvgIpc) is 2.21. The minimum atomic E-state index is -1.00. The summed E-state index contributed by atoms with van der Waals surface area (Å²) in [5.74, 6) is -1.00. The Morgan fingerprint density at radius 2 is 2.29 bits per heavy atom. The molecular formula is C9H8ClFN2O4. The number of nitrogens with one attached hydrogen (secondary N) is 1. The fraction of sp³-hybridized carbons (Fsp3) is 0.222. The summed E-state index contributed by atoms with van der Waals surface area (Å²) in [6, 6.07) is 1.79. The smallest absolute Gasteiger partial charge is 0.411 e. The van der Waals surface area contributed by atoms with E-state index in [1.807, 2.05) is 5.32 Å². The summed E-state index contributed by atoms with van der Waals surface area (Å²) in [5, 5.41) is 12.5. The number of carbonyl (C=O) groups excluding carboxylic acids is 1. The standard InChI is InChI=1S/C9H8ClFN2O4/c1-2-17-9(14)12-8-6(11)3-5(10)4-7(8)13(15)16/h3-4H,2H2,1H3,(H,12,14). The zero-order chi connectivity index (χ0) is 13.0. The first kappa shape index (κ1) is 13.2. The summed E-state index contributed by atoms with van der Waals surface area (Å²) in [5.41, 5.74) is -1.21. The van der Waals surface area contributed by atoms with Crippen LogP contribution in [0.4, 0.5) is 20.6 Å². The molecule has 0 spiro atoms. The number of anilines is 1. The van der Waals surface area contributed by atoms with Crippen molar-refractivity contribution in [2.45, 2.75) is 6.92 Å². The second kappa shape index (κ2) is 5.44. The molecule has 8 heteroatoms. The molecule has 92 valence electrons. The van der Waals surface area contributed by atoms with Gasteiger partial charge in [0.15, 0.2) is 11.5 Å². The second-order valence-corrected chi connectivity index (χ2v) is 3.32. The number of nitrogens with zero attached hydrogens (tertiary/aromatic N) is 1. The third kappa shape index (κ3) is 3.28. The van der Waals surface area contributed by atoms with Crippen LogP contribution in [0, 0.1) is 15.9 Å². The van der Waals surface area contributed by atoms with Crippen molar-refractivity contribution in [3.63, 3.8) is 0 Å². The molecule has 0 fully saturated rings. The highest BCUT2D eigenvalue weighted by Crippen LogP contribution is 2.31. The van der Waals surface area contributed by atoms with Crippen molar-refractivity contribution in [2.24, 2.45) is 0 Å². The topological polar surface area (TPSA) is 81.5 Å². The fourth-order valence-corrected chi connectivity index (χ4v) is 1.30. The molecule has 1 aromatic rings. The third-order valence-electron chi connectivity index (χ3n) is 1.73. The minimum Gasteiger partial charge on any atom is -0.450 e. The number of rotatable bonds is 3. The molecule has 0 aromatic heterocycles. The van der Waals surface area contributed by atoms with Crippen molar-refractivity contribution in [3.8, 4) is 0 Å². The van der Waals surface area contributed by atoms with E-state index in [-0.39, 0.29) is 11.6 Å². The maximum Gasteiger partial charge on any atom is 0.411 e. The predicted molar refractivity (Wildman–Crippen MR) is 58.7 cm³/mol. The van der Waals surface area contributed by atoms with Crippen molar-refractivity contribution in [2.75, 3.05) is 11.9 Å². The Labute approximate surface area is 100 Å². The van der Waals surface area contributed by atoms with E-state index in [2.05, 4.69) is 4.74 Å². The first-order valence-electron chi connectivity index (χ1n) is 4.53. The predicted octanol–water partition coefficient (Wildman–Crippen LogP) is 2.96. The molecule has 0 saturated carbocycles. The Bertz CT molecular complexity index is 467. The Balaban J connectivity index is 3.12. The molecule has 1 aromatic carbocycles. The van der Waals surface area contributed by atoms with Crippen LogP contribution in [0.25, 0.3) is 0 Å². The summed E-state index contributed by atoms with van der Waals surface area (Å²) in [4.78, 5) is 20.9. The van der Waals surface area contributed by atoms with Crippen LogP contribution < -0.4 is 5.32 Å². The van der Waals surface area contributed by atoms with E-state index in [1.165, 1.54) is 0 Å². The largest absolute Gasteiger partial charge is 0.450 e. The van der Waals surface area contributed by atoms with Crippen LogP contribution in [0.3, 0.4) is 0 Å². The molecule has 0 aliphatic heterocycles. The van der Waals surface area contributed by atoms with Crippen LogP contribution in [0.2, 0.25) is 5.02 Å². The molecule has 0 radical (unpaired) electrons. The van der Waals surface area contributed by atoms with E-state index in [4.69, 9.17) is 11.6 Å². The van der Waals surface area contributed by atoms with E-state index in [0.717, 1.165) is 12.1 Å². The van der Waals surface area contributed by atoms with Gasteiger partial charge in [-0.25, -0.2) is 9.18 Å². The van der Waals surface area contributed by atoms with Gasteiger partial charge in [0.05, 0.1) is 16.6 Å². The van der Waals surface area contributed by atoms with Gasteiger partial charge in [0, 0.05) is 6.07 Å². The van der Waals surface area contributed by atoms with E-state index < -0.39 is 28.2 Å². The molecule has 0 aliphatic carbocycles. The highest BCUT2D eigenvalue weighted by molar-refractivity contribution is 6.31. The van der Waals surface area contributed by atoms with Crippen molar-refractivity contribution in [1.82, 2.24) is 0 Å². The maximum absolute atomic E-state index is 13.4. The van der Waals surface area contributed by atoms with Crippen LogP contribution >= 0.6 is 11.6 Å². The van der Waals surface area contributed by atoms with Gasteiger partial charge in [-0.15, -0.1) is 0 Å². The lowest BCUT2D eigenvalue weighted by atomic mass is 10.2. The summed E-state index contributed by atoms with van der Waals surface area (Å²) >= 11 is 5.48. The molecule has 0 unspecified atom stereocenters. The van der Waals surface area contributed by atoms with Crippen molar-refractivity contribution >= 4 is 29.1 Å². The highest BCUT2D eigenvalue weighted by atomic mass is 35.5. The summed E-state index contributed by atoms with van der Waals surface area (Å²) in [7, 11) is 0. The summed E-state index contributed by atoms with van der Waals surface area (Å²) in [6.45, 7) is 1.61. The lowest BCUT2D eigenvalue weighted by Crippen LogP contribution is -2.15. The molecule has 17 heavy (non-hydrogen) atoms. The normalized spacial score (nSPS) is 9.82. The molecule has 0 heterocycles. The maximum atomic E-state index is 13.4. The van der Waals surface area contributed by atoms with E-state index in [1.54, 1.807) is 6.92 Å². The molecule has 1 amide bonds. The van der Waals surface area contributed by atoms with Gasteiger partial charge in [0.2, 0.25) is 0 Å². The zero-order valence-electron chi connectivity index (χ0n) is 8.70. The van der Waals surface area contributed by atoms with Gasteiger partial charge in [-0.05, 0) is 13.0 Å². The average molecular weight is 263 g/mol. The van der Waals surface area contributed by atoms with Gasteiger partial charge in [-0.1, -0.05) is 11.6 Å². The molecular weight excluding hydrogens is 255 g/mol. The number of hydrogen-bond donors (Lipinski definition) is 1. The van der Waals surface area contributed by atoms with Gasteiger partial charge in [0.25, 0.3) is 5.69 Å². The zero-order valence-corrected chi connectivity index (χ0v) is 9.45. The van der Waals surface area contributed by atoms with Gasteiger partial charge < -0.3 is 4.74 Å². The fourth-order valence-electron chi connectivity index (χ4n) is 1.10. The molecule has 0 atom stereocenters. The van der Waals surface area contributed by atoms with Crippen LogP contribution in [-0.2, 0) is 4.74 Å². The Kier molecular flexibility index (Phi) is 4.22. The van der Waals surface area contributed by atoms with E-state index in [0.29, 0.717) is 0 Å². The number of hydrogen-bond acceptors (Lipinski definition) is 4. The Hall–Kier alpha value is -1.89. The summed E-state index contributed by atoms with van der Waals surface area (Å²) < 4.78 is 17.9. The molecule has 1 N–H and O–H groups in total. The number of halogens is 2. The number of amides is 1. The molecule has 0 bridgehead atoms. The quantitative estimate of drug-likeness (QED) is 0.671. The SMILES string of the molecule is CCOC(=O)Nc1c(F)cc(Cl)cc1[N+](=O)[O-]. The molecule has 1 rings (SSSR count). The number of benzene rings is 1. The van der Waals surface area contributed by atoms with Crippen molar-refractivity contribution < 1.29 is 18.8 Å². The van der Waals surface area contributed by atoms with Gasteiger partial charge in [-0.2, -0.15) is 0 Å². The van der Waals surface area contributed by atoms with E-state index in [9.17, 15) is 19.3 Å². The monoisotopic (exact) mass is 262 g/mol. The van der Waals surface area contributed by atoms with Crippen molar-refractivity contribution in [1.29, 1.82) is 0 Å². The van der Waals surface area contributed by atoms with Gasteiger partial charge >= 0.3 is 6.09 Å². The van der Waals surface area contributed by atoms with Crippen molar-refractivity contribution in [3.05, 3.63) is 33.1 Å². The summed E-state index contributed by atoms with van der Waals surface area (Å²) in [6.07, 6.45) is -0.975. The van der Waals surface area contributed by atoms with Crippen LogP contribution in [-0.4, -0.2) is 17.6 Å². The minimum absolute atomic E-state index is 0.0643. The number of ether oxygens (including phenoxy) is 1. The van der Waals surface area contributed by atoms with Crippen LogP contribution in [0.1, 0.15) is 6.92 Å². The van der Waals surface area contributed by atoms with E-state index >= 15 is 0 Å². The number of nitro groups is 1. The first-order valence-corrected chi connectivity index (χ1v) is 4.90. The highest BCUT2D eigenvalue weighted by Gasteiger charge is 2.22. The van der Waals surface area contributed by atoms with Crippen LogP contribution in [0.5, 0.6) is 0 Å². The second-order valence-electron chi connectivity index (χ2n) is 2.88. The van der Waals surface area contributed by atoms with Crippen LogP contribution in [0.15, 0.2) is 12.1 Å². The van der Waals surface area contributed by atoms with Gasteiger partial charge in [-0.3, -0.25) is 15.4 Å². The number of nitro benzene ring substituents is 1. The lowest BCUT2D eigenvalue weighted by Gasteiger charge is -2.07. The Morgan fingerprint density at radius 3 is 2.82 bits per heavy atom. The molecule has 6 nitrogen and oxygen atoms in total. The Morgan fingerprint density at radius 1 is 1.65 bits per heavy atom. The third-order valence-corrected chi connectivity index (χ3v) is 1.95.